The molecule has 28 heavy (non-hydrogen) atoms. The first-order chi connectivity index (χ1) is 13.0. The first-order valence-electron chi connectivity index (χ1n) is 8.08. The Morgan fingerprint density at radius 3 is 2.61 bits per heavy atom. The summed E-state index contributed by atoms with van der Waals surface area (Å²) in [5, 5.41) is 3.33. The summed E-state index contributed by atoms with van der Waals surface area (Å²) < 4.78 is 40.6. The van der Waals surface area contributed by atoms with Gasteiger partial charge in [-0.15, -0.1) is 11.3 Å². The van der Waals surface area contributed by atoms with Crippen molar-refractivity contribution in [2.24, 2.45) is 0 Å². The van der Waals surface area contributed by atoms with Gasteiger partial charge in [0.25, 0.3) is 5.56 Å². The molecule has 3 aromatic rings. The molecule has 0 aliphatic carbocycles. The standard InChI is InChI=1S/C16H15ClF3N5O2S/c1-7-6-10-14(28-7)21-9(3)25(15(10)27)22-11(26)4-5-24-8(2)12(17)13(23-24)16(18,19)20/h6H,4-5H2,1-3H3,(H,22,26). The van der Waals surface area contributed by atoms with Crippen LogP contribution in [0.3, 0.4) is 0 Å². The maximum absolute atomic E-state index is 12.9. The molecule has 0 aliphatic rings. The van der Waals surface area contributed by atoms with Gasteiger partial charge in [-0.2, -0.15) is 18.3 Å². The molecule has 0 bridgehead atoms. The van der Waals surface area contributed by atoms with Crippen LogP contribution in [0.15, 0.2) is 10.9 Å². The first kappa shape index (κ1) is 20.3. The normalized spacial score (nSPS) is 12.0. The van der Waals surface area contributed by atoms with Crippen LogP contribution in [0, 0.1) is 20.8 Å². The van der Waals surface area contributed by atoms with E-state index in [-0.39, 0.29) is 18.7 Å². The molecule has 0 aromatic carbocycles. The zero-order valence-corrected chi connectivity index (χ0v) is 16.6. The highest BCUT2D eigenvalue weighted by molar-refractivity contribution is 7.18. The second-order valence-electron chi connectivity index (χ2n) is 6.13. The number of halogens is 4. The number of amides is 1. The summed E-state index contributed by atoms with van der Waals surface area (Å²) in [6.07, 6.45) is -4.89. The third-order valence-corrected chi connectivity index (χ3v) is 5.44. The van der Waals surface area contributed by atoms with E-state index in [0.717, 1.165) is 14.2 Å². The van der Waals surface area contributed by atoms with Crippen molar-refractivity contribution in [2.45, 2.75) is 39.9 Å². The van der Waals surface area contributed by atoms with Gasteiger partial charge in [0.15, 0.2) is 5.69 Å². The van der Waals surface area contributed by atoms with Crippen molar-refractivity contribution in [1.29, 1.82) is 0 Å². The zero-order valence-electron chi connectivity index (χ0n) is 15.0. The van der Waals surface area contributed by atoms with Gasteiger partial charge in [-0.1, -0.05) is 11.6 Å². The van der Waals surface area contributed by atoms with E-state index in [0.29, 0.717) is 16.0 Å². The van der Waals surface area contributed by atoms with Crippen LogP contribution in [0.4, 0.5) is 13.2 Å². The Morgan fingerprint density at radius 1 is 1.32 bits per heavy atom. The number of nitrogens with one attached hydrogen (secondary N) is 1. The Bertz CT molecular complexity index is 1130. The highest BCUT2D eigenvalue weighted by Gasteiger charge is 2.38. The predicted molar refractivity (Wildman–Crippen MR) is 99.3 cm³/mol. The molecule has 0 radical (unpaired) electrons. The van der Waals surface area contributed by atoms with E-state index >= 15 is 0 Å². The Morgan fingerprint density at radius 2 is 2.00 bits per heavy atom. The molecule has 0 saturated heterocycles. The molecule has 1 N–H and O–H groups in total. The Kier molecular flexibility index (Phi) is 5.24. The van der Waals surface area contributed by atoms with E-state index in [1.807, 2.05) is 6.92 Å². The van der Waals surface area contributed by atoms with E-state index < -0.39 is 28.4 Å². The van der Waals surface area contributed by atoms with Crippen LogP contribution in [0.2, 0.25) is 5.02 Å². The molecule has 12 heteroatoms. The molecule has 150 valence electrons. The largest absolute Gasteiger partial charge is 0.436 e. The summed E-state index contributed by atoms with van der Waals surface area (Å²) in [6, 6.07) is 1.69. The SMILES string of the molecule is Cc1cc2c(=O)n(NC(=O)CCn3nc(C(F)(F)F)c(Cl)c3C)c(C)nc2s1. The fourth-order valence-corrected chi connectivity index (χ4v) is 3.80. The lowest BCUT2D eigenvalue weighted by atomic mass is 10.3. The second kappa shape index (κ2) is 7.21. The van der Waals surface area contributed by atoms with Gasteiger partial charge in [0.1, 0.15) is 10.7 Å². The van der Waals surface area contributed by atoms with Gasteiger partial charge in [0.2, 0.25) is 5.91 Å². The lowest BCUT2D eigenvalue weighted by Crippen LogP contribution is -2.35. The molecule has 3 heterocycles. The second-order valence-corrected chi connectivity index (χ2v) is 7.74. The van der Waals surface area contributed by atoms with Crippen LogP contribution in [-0.2, 0) is 17.5 Å². The number of alkyl halides is 3. The average Bonchev–Trinajstić information content (AvgIpc) is 3.10. The van der Waals surface area contributed by atoms with E-state index in [4.69, 9.17) is 11.6 Å². The molecular weight excluding hydrogens is 419 g/mol. The maximum atomic E-state index is 12.9. The molecule has 1 amide bonds. The van der Waals surface area contributed by atoms with Crippen LogP contribution in [0.5, 0.6) is 0 Å². The number of carbonyl (C=O) groups excluding carboxylic acids is 1. The number of hydrogen-bond acceptors (Lipinski definition) is 5. The summed E-state index contributed by atoms with van der Waals surface area (Å²) in [6.45, 7) is 4.67. The van der Waals surface area contributed by atoms with E-state index in [9.17, 15) is 22.8 Å². The van der Waals surface area contributed by atoms with Gasteiger partial charge in [-0.25, -0.2) is 9.66 Å². The molecule has 3 aromatic heterocycles. The van der Waals surface area contributed by atoms with Crippen LogP contribution in [0.1, 0.15) is 28.5 Å². The number of nitrogens with zero attached hydrogens (tertiary/aromatic N) is 4. The summed E-state index contributed by atoms with van der Waals surface area (Å²) in [5.41, 5.74) is 0.924. The zero-order chi connectivity index (χ0) is 20.8. The topological polar surface area (TPSA) is 81.8 Å². The van der Waals surface area contributed by atoms with Gasteiger partial charge in [0, 0.05) is 11.3 Å². The van der Waals surface area contributed by atoms with Crippen molar-refractivity contribution in [3.8, 4) is 0 Å². The van der Waals surface area contributed by atoms with Crippen LogP contribution in [-0.4, -0.2) is 25.3 Å². The fourth-order valence-electron chi connectivity index (χ4n) is 2.65. The molecule has 7 nitrogen and oxygen atoms in total. The van der Waals surface area contributed by atoms with E-state index in [2.05, 4.69) is 15.5 Å². The first-order valence-corrected chi connectivity index (χ1v) is 9.28. The smallest absolute Gasteiger partial charge is 0.273 e. The average molecular weight is 434 g/mol. The minimum atomic E-state index is -4.68. The Balaban J connectivity index is 1.77. The van der Waals surface area contributed by atoms with Gasteiger partial charge in [0.05, 0.1) is 22.6 Å². The number of hydrogen-bond donors (Lipinski definition) is 1. The van der Waals surface area contributed by atoms with Crippen molar-refractivity contribution in [1.82, 2.24) is 19.4 Å². The molecule has 3 rings (SSSR count). The minimum absolute atomic E-state index is 0.104. The number of carbonyl (C=O) groups is 1. The van der Waals surface area contributed by atoms with E-state index in [1.54, 1.807) is 13.0 Å². The van der Waals surface area contributed by atoms with Crippen molar-refractivity contribution >= 4 is 39.1 Å². The van der Waals surface area contributed by atoms with Crippen LogP contribution in [0.25, 0.3) is 10.2 Å². The van der Waals surface area contributed by atoms with Gasteiger partial charge >= 0.3 is 6.18 Å². The van der Waals surface area contributed by atoms with Crippen molar-refractivity contribution in [3.63, 3.8) is 0 Å². The molecular formula is C16H15ClF3N5O2S. The number of fused-ring (bicyclic) bond motifs is 1. The number of thiophene rings is 1. The predicted octanol–water partition coefficient (Wildman–Crippen LogP) is 3.41. The Hall–Kier alpha value is -2.40. The summed E-state index contributed by atoms with van der Waals surface area (Å²) in [4.78, 5) is 30.6. The number of aryl methyl sites for hydroxylation is 3. The van der Waals surface area contributed by atoms with E-state index in [1.165, 1.54) is 18.3 Å². The number of rotatable bonds is 4. The van der Waals surface area contributed by atoms with Crippen LogP contribution >= 0.6 is 22.9 Å². The van der Waals surface area contributed by atoms with Gasteiger partial charge in [-0.05, 0) is 26.8 Å². The van der Waals surface area contributed by atoms with Gasteiger partial charge < -0.3 is 0 Å². The van der Waals surface area contributed by atoms with Crippen molar-refractivity contribution in [3.05, 3.63) is 43.5 Å². The number of aromatic nitrogens is 4. The summed E-state index contributed by atoms with van der Waals surface area (Å²) in [7, 11) is 0. The molecule has 0 fully saturated rings. The van der Waals surface area contributed by atoms with Gasteiger partial charge in [-0.3, -0.25) is 19.7 Å². The molecule has 0 atom stereocenters. The summed E-state index contributed by atoms with van der Waals surface area (Å²) >= 11 is 7.06. The van der Waals surface area contributed by atoms with Crippen LogP contribution < -0.4 is 11.0 Å². The maximum Gasteiger partial charge on any atom is 0.436 e. The quantitative estimate of drug-likeness (QED) is 0.683. The minimum Gasteiger partial charge on any atom is -0.273 e. The summed E-state index contributed by atoms with van der Waals surface area (Å²) in [5.74, 6) is -0.275. The lowest BCUT2D eigenvalue weighted by Gasteiger charge is -2.11. The van der Waals surface area contributed by atoms with Crippen molar-refractivity contribution in [2.75, 3.05) is 5.43 Å². The highest BCUT2D eigenvalue weighted by atomic mass is 35.5. The third-order valence-electron chi connectivity index (χ3n) is 4.05. The monoisotopic (exact) mass is 433 g/mol. The lowest BCUT2D eigenvalue weighted by molar-refractivity contribution is -0.141. The van der Waals surface area contributed by atoms with Crippen molar-refractivity contribution < 1.29 is 18.0 Å². The molecule has 0 aliphatic heterocycles. The molecule has 0 saturated carbocycles. The molecule has 0 unspecified atom stereocenters. The Labute approximate surface area is 165 Å². The highest BCUT2D eigenvalue weighted by Crippen LogP contribution is 2.35. The fraction of sp³-hybridized carbons (Fsp3) is 0.375. The third kappa shape index (κ3) is 3.76. The molecule has 0 spiro atoms.